The molecular formula is C10H12N4O3. The molecule has 0 saturated heterocycles. The van der Waals surface area contributed by atoms with Gasteiger partial charge in [-0.15, -0.1) is 0 Å². The van der Waals surface area contributed by atoms with E-state index in [9.17, 15) is 10.1 Å². The highest BCUT2D eigenvalue weighted by molar-refractivity contribution is 5.51. The molecule has 0 aliphatic rings. The fourth-order valence-electron chi connectivity index (χ4n) is 1.55. The van der Waals surface area contributed by atoms with Crippen molar-refractivity contribution in [3.05, 3.63) is 39.4 Å². The zero-order valence-corrected chi connectivity index (χ0v) is 9.48. The molecule has 2 aromatic heterocycles. The molecule has 0 aliphatic carbocycles. The van der Waals surface area contributed by atoms with Crippen LogP contribution in [0.3, 0.4) is 0 Å². The molecule has 0 amide bonds. The lowest BCUT2D eigenvalue weighted by Gasteiger charge is -2.03. The Morgan fingerprint density at radius 1 is 1.53 bits per heavy atom. The minimum atomic E-state index is -0.558. The zero-order valence-electron chi connectivity index (χ0n) is 9.48. The van der Waals surface area contributed by atoms with E-state index in [1.54, 1.807) is 6.07 Å². The third-order valence-electron chi connectivity index (χ3n) is 2.39. The standard InChI is InChI=1S/C10H12N4O3/c1-6-10(7(2)13-12-6)11-5-8-3-4-9(17-8)14(15)16/h3-4,11H,5H2,1-2H3,(H,12,13). The third kappa shape index (κ3) is 2.27. The average molecular weight is 236 g/mol. The second kappa shape index (κ2) is 4.28. The van der Waals surface area contributed by atoms with Crippen molar-refractivity contribution in [2.75, 3.05) is 5.32 Å². The third-order valence-corrected chi connectivity index (χ3v) is 2.39. The molecule has 0 bridgehead atoms. The van der Waals surface area contributed by atoms with Crippen molar-refractivity contribution in [3.8, 4) is 0 Å². The second-order valence-electron chi connectivity index (χ2n) is 3.66. The van der Waals surface area contributed by atoms with E-state index in [-0.39, 0.29) is 5.88 Å². The lowest BCUT2D eigenvalue weighted by molar-refractivity contribution is -0.402. The summed E-state index contributed by atoms with van der Waals surface area (Å²) in [6, 6.07) is 2.92. The Labute approximate surface area is 97.0 Å². The molecule has 2 N–H and O–H groups in total. The molecule has 7 heteroatoms. The summed E-state index contributed by atoms with van der Waals surface area (Å²) < 4.78 is 5.03. The highest BCUT2D eigenvalue weighted by Gasteiger charge is 2.12. The van der Waals surface area contributed by atoms with Crippen molar-refractivity contribution in [3.63, 3.8) is 0 Å². The maximum atomic E-state index is 10.4. The van der Waals surface area contributed by atoms with E-state index in [1.165, 1.54) is 6.07 Å². The summed E-state index contributed by atoms with van der Waals surface area (Å²) in [4.78, 5) is 9.87. The summed E-state index contributed by atoms with van der Waals surface area (Å²) in [7, 11) is 0. The Hall–Kier alpha value is -2.31. The highest BCUT2D eigenvalue weighted by atomic mass is 16.6. The van der Waals surface area contributed by atoms with E-state index in [0.29, 0.717) is 12.3 Å². The lowest BCUT2D eigenvalue weighted by atomic mass is 10.3. The van der Waals surface area contributed by atoms with Crippen molar-refractivity contribution < 1.29 is 9.34 Å². The van der Waals surface area contributed by atoms with Crippen molar-refractivity contribution in [1.82, 2.24) is 10.2 Å². The molecule has 0 aliphatic heterocycles. The first-order valence-corrected chi connectivity index (χ1v) is 5.06. The number of hydrogen-bond donors (Lipinski definition) is 2. The van der Waals surface area contributed by atoms with Gasteiger partial charge in [0.25, 0.3) is 0 Å². The van der Waals surface area contributed by atoms with Crippen LogP contribution in [0, 0.1) is 24.0 Å². The summed E-state index contributed by atoms with van der Waals surface area (Å²) in [5, 5.41) is 20.4. The van der Waals surface area contributed by atoms with Crippen LogP contribution in [0.2, 0.25) is 0 Å². The largest absolute Gasteiger partial charge is 0.433 e. The molecule has 0 aromatic carbocycles. The Morgan fingerprint density at radius 2 is 2.29 bits per heavy atom. The van der Waals surface area contributed by atoms with E-state index in [2.05, 4.69) is 15.5 Å². The van der Waals surface area contributed by atoms with Gasteiger partial charge < -0.3 is 9.73 Å². The molecule has 2 aromatic rings. The van der Waals surface area contributed by atoms with E-state index in [1.807, 2.05) is 13.8 Å². The summed E-state index contributed by atoms with van der Waals surface area (Å²) in [5.41, 5.74) is 2.66. The Kier molecular flexibility index (Phi) is 2.82. The van der Waals surface area contributed by atoms with Gasteiger partial charge in [0.05, 0.1) is 29.7 Å². The Morgan fingerprint density at radius 3 is 2.82 bits per heavy atom. The number of nitrogens with zero attached hydrogens (tertiary/aromatic N) is 2. The SMILES string of the molecule is Cc1n[nH]c(C)c1NCc1ccc([N+](=O)[O-])o1. The highest BCUT2D eigenvalue weighted by Crippen LogP contribution is 2.20. The summed E-state index contributed by atoms with van der Waals surface area (Å²) >= 11 is 0. The average Bonchev–Trinajstić information content (AvgIpc) is 2.85. The van der Waals surface area contributed by atoms with Crippen molar-refractivity contribution in [2.24, 2.45) is 0 Å². The number of nitro groups is 1. The van der Waals surface area contributed by atoms with Gasteiger partial charge in [0.1, 0.15) is 10.7 Å². The minimum Gasteiger partial charge on any atom is -0.404 e. The van der Waals surface area contributed by atoms with Crippen LogP contribution >= 0.6 is 0 Å². The summed E-state index contributed by atoms with van der Waals surface area (Å²) in [5.74, 6) is 0.263. The molecule has 0 atom stereocenters. The number of rotatable bonds is 4. The van der Waals surface area contributed by atoms with Gasteiger partial charge in [0, 0.05) is 0 Å². The molecule has 0 fully saturated rings. The summed E-state index contributed by atoms with van der Waals surface area (Å²) in [6.07, 6.45) is 0. The normalized spacial score (nSPS) is 10.5. The molecule has 17 heavy (non-hydrogen) atoms. The predicted octanol–water partition coefficient (Wildman–Crippen LogP) is 2.14. The van der Waals surface area contributed by atoms with E-state index in [4.69, 9.17) is 4.42 Å². The van der Waals surface area contributed by atoms with Crippen molar-refractivity contribution >= 4 is 11.6 Å². The van der Waals surface area contributed by atoms with Crippen LogP contribution in [0.4, 0.5) is 11.6 Å². The fourth-order valence-corrected chi connectivity index (χ4v) is 1.55. The Bertz CT molecular complexity index is 524. The maximum Gasteiger partial charge on any atom is 0.433 e. The number of aromatic amines is 1. The van der Waals surface area contributed by atoms with Crippen LogP contribution in [0.1, 0.15) is 17.1 Å². The number of furan rings is 1. The summed E-state index contributed by atoms with van der Waals surface area (Å²) in [6.45, 7) is 4.15. The van der Waals surface area contributed by atoms with Gasteiger partial charge in [0.2, 0.25) is 0 Å². The van der Waals surface area contributed by atoms with E-state index in [0.717, 1.165) is 17.1 Å². The zero-order chi connectivity index (χ0) is 12.4. The topological polar surface area (TPSA) is 97.0 Å². The van der Waals surface area contributed by atoms with Gasteiger partial charge >= 0.3 is 5.88 Å². The number of nitrogens with one attached hydrogen (secondary N) is 2. The van der Waals surface area contributed by atoms with E-state index < -0.39 is 4.92 Å². The first-order valence-electron chi connectivity index (χ1n) is 5.06. The van der Waals surface area contributed by atoms with Gasteiger partial charge in [-0.1, -0.05) is 0 Å². The van der Waals surface area contributed by atoms with Crippen LogP contribution in [0.25, 0.3) is 0 Å². The van der Waals surface area contributed by atoms with Crippen LogP contribution in [-0.2, 0) is 6.54 Å². The van der Waals surface area contributed by atoms with Gasteiger partial charge in [-0.05, 0) is 19.9 Å². The van der Waals surface area contributed by atoms with Crippen LogP contribution in [0.15, 0.2) is 16.5 Å². The predicted molar refractivity (Wildman–Crippen MR) is 60.8 cm³/mol. The molecule has 0 spiro atoms. The van der Waals surface area contributed by atoms with Crippen LogP contribution in [-0.4, -0.2) is 15.1 Å². The number of anilines is 1. The molecule has 2 heterocycles. The minimum absolute atomic E-state index is 0.248. The molecule has 7 nitrogen and oxygen atoms in total. The smallest absolute Gasteiger partial charge is 0.404 e. The fraction of sp³-hybridized carbons (Fsp3) is 0.300. The molecule has 0 saturated carbocycles. The number of hydrogen-bond acceptors (Lipinski definition) is 5. The molecule has 90 valence electrons. The number of aromatic nitrogens is 2. The molecule has 0 unspecified atom stereocenters. The molecule has 0 radical (unpaired) electrons. The number of H-pyrrole nitrogens is 1. The second-order valence-corrected chi connectivity index (χ2v) is 3.66. The van der Waals surface area contributed by atoms with Crippen molar-refractivity contribution in [2.45, 2.75) is 20.4 Å². The Balaban J connectivity index is 2.05. The first kappa shape index (κ1) is 11.2. The van der Waals surface area contributed by atoms with E-state index >= 15 is 0 Å². The quantitative estimate of drug-likeness (QED) is 0.626. The molecule has 2 rings (SSSR count). The monoisotopic (exact) mass is 236 g/mol. The van der Waals surface area contributed by atoms with Crippen LogP contribution in [0.5, 0.6) is 0 Å². The number of aryl methyl sites for hydroxylation is 2. The van der Waals surface area contributed by atoms with Crippen LogP contribution < -0.4 is 5.32 Å². The maximum absolute atomic E-state index is 10.4. The van der Waals surface area contributed by atoms with Gasteiger partial charge in [-0.2, -0.15) is 5.10 Å². The lowest BCUT2D eigenvalue weighted by Crippen LogP contribution is -1.99. The van der Waals surface area contributed by atoms with Gasteiger partial charge in [0.15, 0.2) is 0 Å². The van der Waals surface area contributed by atoms with Crippen molar-refractivity contribution in [1.29, 1.82) is 0 Å². The molecular weight excluding hydrogens is 224 g/mol. The van der Waals surface area contributed by atoms with Gasteiger partial charge in [-0.3, -0.25) is 15.2 Å². The first-order chi connectivity index (χ1) is 8.08. The van der Waals surface area contributed by atoms with Gasteiger partial charge in [-0.25, -0.2) is 0 Å².